The van der Waals surface area contributed by atoms with Crippen molar-refractivity contribution >= 4 is 23.5 Å². The number of aliphatic hydroxyl groups is 1. The Morgan fingerprint density at radius 3 is 2.65 bits per heavy atom. The molecule has 1 N–H and O–H groups in total. The predicted octanol–water partition coefficient (Wildman–Crippen LogP) is 4.12. The number of hydrogen-bond acceptors (Lipinski definition) is 6. The van der Waals surface area contributed by atoms with Crippen molar-refractivity contribution in [2.24, 2.45) is 17.8 Å². The summed E-state index contributed by atoms with van der Waals surface area (Å²) in [6.07, 6.45) is 6.35. The highest BCUT2D eigenvalue weighted by Crippen LogP contribution is 2.65. The highest BCUT2D eigenvalue weighted by Gasteiger charge is 2.80. The van der Waals surface area contributed by atoms with E-state index < -0.39 is 35.0 Å². The first-order valence-corrected chi connectivity index (χ1v) is 14.5. The molecular weight excluding hydrogens is 508 g/mol. The van der Waals surface area contributed by atoms with Crippen LogP contribution in [0.25, 0.3) is 0 Å². The van der Waals surface area contributed by atoms with Crippen LogP contribution in [0.2, 0.25) is 0 Å². The molecule has 2 amide bonds. The average Bonchev–Trinajstić information content (AvgIpc) is 3.43. The molecule has 3 aliphatic heterocycles. The van der Waals surface area contributed by atoms with E-state index in [1.807, 2.05) is 45.9 Å². The number of aryl methyl sites for hydroxylation is 2. The lowest BCUT2D eigenvalue weighted by molar-refractivity contribution is -0.161. The fourth-order valence-electron chi connectivity index (χ4n) is 7.10. The lowest BCUT2D eigenvalue weighted by Gasteiger charge is -2.37. The van der Waals surface area contributed by atoms with E-state index in [4.69, 9.17) is 9.47 Å². The highest BCUT2D eigenvalue weighted by atomic mass is 16.6. The molecule has 8 heteroatoms. The fraction of sp³-hybridized carbons (Fsp3) is 0.594. The molecule has 1 aromatic carbocycles. The summed E-state index contributed by atoms with van der Waals surface area (Å²) in [5.41, 5.74) is 0.637. The summed E-state index contributed by atoms with van der Waals surface area (Å²) >= 11 is 0. The van der Waals surface area contributed by atoms with E-state index in [0.717, 1.165) is 23.2 Å². The number of ether oxygens (including phenoxy) is 2. The summed E-state index contributed by atoms with van der Waals surface area (Å²) in [6, 6.07) is 5.04. The Morgan fingerprint density at radius 1 is 1.23 bits per heavy atom. The van der Waals surface area contributed by atoms with Crippen molar-refractivity contribution in [1.82, 2.24) is 4.90 Å². The molecule has 0 aromatic heterocycles. The zero-order chi connectivity index (χ0) is 29.2. The number of fused-ring (bicyclic) bond motifs is 1. The minimum atomic E-state index is -1.15. The molecule has 3 unspecified atom stereocenters. The molecule has 40 heavy (non-hydrogen) atoms. The van der Waals surface area contributed by atoms with Crippen LogP contribution in [0.15, 0.2) is 43.5 Å². The van der Waals surface area contributed by atoms with E-state index in [-0.39, 0.29) is 37.5 Å². The minimum Gasteiger partial charge on any atom is -0.465 e. The van der Waals surface area contributed by atoms with Gasteiger partial charge in [0.25, 0.3) is 5.91 Å². The van der Waals surface area contributed by atoms with Crippen LogP contribution in [0.4, 0.5) is 5.69 Å². The molecule has 3 aliphatic rings. The van der Waals surface area contributed by atoms with Gasteiger partial charge in [-0.25, -0.2) is 0 Å². The third-order valence-electron chi connectivity index (χ3n) is 9.14. The van der Waals surface area contributed by atoms with Gasteiger partial charge in [0.2, 0.25) is 5.91 Å². The molecule has 0 saturated carbocycles. The molecule has 218 valence electrons. The number of unbranched alkanes of at least 4 members (excludes halogenated alkanes) is 2. The summed E-state index contributed by atoms with van der Waals surface area (Å²) in [5, 5.41) is 9.43. The zero-order valence-corrected chi connectivity index (χ0v) is 24.4. The van der Waals surface area contributed by atoms with Crippen molar-refractivity contribution in [2.45, 2.75) is 77.0 Å². The number of carbonyl (C=O) groups is 3. The van der Waals surface area contributed by atoms with E-state index in [9.17, 15) is 19.5 Å². The number of benzene rings is 1. The topological polar surface area (TPSA) is 96.4 Å². The second kappa shape index (κ2) is 11.9. The molecule has 0 aliphatic carbocycles. The Kier molecular flexibility index (Phi) is 8.90. The smallest absolute Gasteiger partial charge is 0.312 e. The number of esters is 1. The van der Waals surface area contributed by atoms with Crippen LogP contribution in [0.5, 0.6) is 0 Å². The van der Waals surface area contributed by atoms with Gasteiger partial charge in [-0.1, -0.05) is 31.2 Å². The quantitative estimate of drug-likeness (QED) is 0.225. The first-order chi connectivity index (χ1) is 19.1. The van der Waals surface area contributed by atoms with E-state index in [2.05, 4.69) is 13.2 Å². The lowest BCUT2D eigenvalue weighted by Crippen LogP contribution is -2.57. The van der Waals surface area contributed by atoms with Gasteiger partial charge in [0.15, 0.2) is 0 Å². The summed E-state index contributed by atoms with van der Waals surface area (Å²) in [6.45, 7) is 16.2. The summed E-state index contributed by atoms with van der Waals surface area (Å²) in [5.74, 6) is -2.63. The van der Waals surface area contributed by atoms with Gasteiger partial charge in [0, 0.05) is 25.4 Å². The second-order valence-corrected chi connectivity index (χ2v) is 11.8. The molecule has 4 rings (SSSR count). The van der Waals surface area contributed by atoms with Crippen LogP contribution < -0.4 is 4.90 Å². The van der Waals surface area contributed by atoms with Crippen LogP contribution >= 0.6 is 0 Å². The minimum absolute atomic E-state index is 0.00838. The van der Waals surface area contributed by atoms with Crippen LogP contribution in [0.3, 0.4) is 0 Å². The number of rotatable bonds is 13. The SMILES string of the molecule is C=CCCCOC(=O)[C@@H]1[C@H]2C(=O)N(CCCCO)C(C(=O)N(CC=C)c3cc(C)ccc3C)C23CC(C)[C@@]1(C)O3. The Bertz CT molecular complexity index is 1170. The van der Waals surface area contributed by atoms with E-state index in [1.54, 1.807) is 22.0 Å². The van der Waals surface area contributed by atoms with Crippen molar-refractivity contribution in [3.8, 4) is 0 Å². The third-order valence-corrected chi connectivity index (χ3v) is 9.14. The predicted molar refractivity (Wildman–Crippen MR) is 154 cm³/mol. The number of allylic oxidation sites excluding steroid dienone is 1. The van der Waals surface area contributed by atoms with Crippen LogP contribution in [-0.4, -0.2) is 71.3 Å². The third kappa shape index (κ3) is 4.90. The number of likely N-dealkylation sites (tertiary alicyclic amines) is 1. The molecule has 3 fully saturated rings. The van der Waals surface area contributed by atoms with Gasteiger partial charge in [-0.05, 0) is 76.0 Å². The van der Waals surface area contributed by atoms with Gasteiger partial charge in [-0.3, -0.25) is 14.4 Å². The number of anilines is 1. The normalized spacial score (nSPS) is 30.3. The zero-order valence-electron chi connectivity index (χ0n) is 24.4. The Hall–Kier alpha value is -2.97. The first-order valence-electron chi connectivity index (χ1n) is 14.5. The van der Waals surface area contributed by atoms with Crippen LogP contribution in [0, 0.1) is 31.6 Å². The molecule has 8 nitrogen and oxygen atoms in total. The highest BCUT2D eigenvalue weighted by molar-refractivity contribution is 6.05. The van der Waals surface area contributed by atoms with Crippen molar-refractivity contribution in [2.75, 3.05) is 31.2 Å². The van der Waals surface area contributed by atoms with Gasteiger partial charge in [0.05, 0.1) is 18.1 Å². The van der Waals surface area contributed by atoms with Gasteiger partial charge in [0.1, 0.15) is 17.6 Å². The van der Waals surface area contributed by atoms with Crippen molar-refractivity contribution in [3.63, 3.8) is 0 Å². The standard InChI is InChI=1S/C32H44N2O6/c1-7-9-12-18-39-30(38)26-25-28(36)34(16-10-11-17-35)27(32(25)20-23(5)31(26,6)40-32)29(37)33(15-8-2)24-19-21(3)13-14-22(24)4/h7-8,13-14,19,23,25-27,35H,1-2,9-12,15-18,20H2,3-6H3/t23?,25-,26-,27?,31+,32?/m0/s1. The van der Waals surface area contributed by atoms with Gasteiger partial charge >= 0.3 is 5.97 Å². The Morgan fingerprint density at radius 2 is 1.98 bits per heavy atom. The maximum Gasteiger partial charge on any atom is 0.312 e. The van der Waals surface area contributed by atoms with Gasteiger partial charge < -0.3 is 24.4 Å². The largest absolute Gasteiger partial charge is 0.465 e. The Labute approximate surface area is 238 Å². The number of aliphatic hydroxyl groups excluding tert-OH is 1. The number of hydrogen-bond donors (Lipinski definition) is 1. The molecule has 1 spiro atoms. The Balaban J connectivity index is 1.78. The summed E-state index contributed by atoms with van der Waals surface area (Å²) in [4.78, 5) is 45.8. The van der Waals surface area contributed by atoms with E-state index >= 15 is 0 Å². The second-order valence-electron chi connectivity index (χ2n) is 11.8. The summed E-state index contributed by atoms with van der Waals surface area (Å²) < 4.78 is 12.5. The maximum atomic E-state index is 14.7. The molecular formula is C32H44N2O6. The number of carbonyl (C=O) groups excluding carboxylic acids is 3. The average molecular weight is 553 g/mol. The molecule has 3 saturated heterocycles. The van der Waals surface area contributed by atoms with Gasteiger partial charge in [-0.2, -0.15) is 0 Å². The van der Waals surface area contributed by atoms with Gasteiger partial charge in [-0.15, -0.1) is 13.2 Å². The molecule has 3 heterocycles. The number of amides is 2. The van der Waals surface area contributed by atoms with Crippen molar-refractivity contribution in [1.29, 1.82) is 0 Å². The van der Waals surface area contributed by atoms with E-state index in [1.165, 1.54) is 0 Å². The molecule has 6 atom stereocenters. The monoisotopic (exact) mass is 552 g/mol. The van der Waals surface area contributed by atoms with Crippen LogP contribution in [0.1, 0.15) is 57.1 Å². The number of nitrogens with zero attached hydrogens (tertiary/aromatic N) is 2. The lowest BCUT2D eigenvalue weighted by atomic mass is 9.62. The van der Waals surface area contributed by atoms with Crippen molar-refractivity contribution in [3.05, 3.63) is 54.6 Å². The van der Waals surface area contributed by atoms with Crippen LogP contribution in [-0.2, 0) is 23.9 Å². The van der Waals surface area contributed by atoms with E-state index in [0.29, 0.717) is 32.2 Å². The van der Waals surface area contributed by atoms with Crippen molar-refractivity contribution < 1.29 is 29.0 Å². The fourth-order valence-corrected chi connectivity index (χ4v) is 7.10. The maximum absolute atomic E-state index is 14.7. The first kappa shape index (κ1) is 30.0. The molecule has 0 radical (unpaired) electrons. The molecule has 2 bridgehead atoms. The summed E-state index contributed by atoms with van der Waals surface area (Å²) in [7, 11) is 0. The molecule has 1 aromatic rings.